The fourth-order valence-electron chi connectivity index (χ4n) is 3.24. The standard InChI is InChI=1S/C16H31ClS/c1-5-18-12-6-9-16(13-17)10-7-14(8-11-16)15(2,3)4/h14H,5-13H2,1-4H3. The smallest absolute Gasteiger partial charge is 0.0280 e. The first kappa shape index (κ1) is 16.7. The Morgan fingerprint density at radius 3 is 2.28 bits per heavy atom. The highest BCUT2D eigenvalue weighted by Gasteiger charge is 2.37. The highest BCUT2D eigenvalue weighted by molar-refractivity contribution is 7.99. The maximum absolute atomic E-state index is 6.31. The van der Waals surface area contributed by atoms with E-state index in [0.29, 0.717) is 10.8 Å². The second kappa shape index (κ2) is 7.43. The molecule has 0 bridgehead atoms. The van der Waals surface area contributed by atoms with Gasteiger partial charge in [0.25, 0.3) is 0 Å². The molecule has 0 aromatic rings. The van der Waals surface area contributed by atoms with Gasteiger partial charge in [-0.2, -0.15) is 11.8 Å². The average Bonchev–Trinajstić information content (AvgIpc) is 2.34. The predicted molar refractivity (Wildman–Crippen MR) is 86.8 cm³/mol. The van der Waals surface area contributed by atoms with E-state index in [1.165, 1.54) is 50.0 Å². The van der Waals surface area contributed by atoms with Crippen LogP contribution in [0.5, 0.6) is 0 Å². The molecule has 0 N–H and O–H groups in total. The van der Waals surface area contributed by atoms with Gasteiger partial charge in [0.1, 0.15) is 0 Å². The molecule has 1 rings (SSSR count). The molecule has 0 saturated heterocycles. The Morgan fingerprint density at radius 2 is 1.83 bits per heavy atom. The van der Waals surface area contributed by atoms with Crippen molar-refractivity contribution in [2.24, 2.45) is 16.7 Å². The van der Waals surface area contributed by atoms with Gasteiger partial charge >= 0.3 is 0 Å². The van der Waals surface area contributed by atoms with E-state index in [9.17, 15) is 0 Å². The minimum atomic E-state index is 0.470. The lowest BCUT2D eigenvalue weighted by atomic mass is 9.63. The summed E-state index contributed by atoms with van der Waals surface area (Å²) in [5.74, 6) is 4.34. The Labute approximate surface area is 124 Å². The van der Waals surface area contributed by atoms with E-state index < -0.39 is 0 Å². The van der Waals surface area contributed by atoms with E-state index in [2.05, 4.69) is 39.5 Å². The summed E-state index contributed by atoms with van der Waals surface area (Å²) in [7, 11) is 0. The van der Waals surface area contributed by atoms with Crippen LogP contribution < -0.4 is 0 Å². The molecule has 0 unspecified atom stereocenters. The van der Waals surface area contributed by atoms with E-state index in [0.717, 1.165) is 11.8 Å². The second-order valence-corrected chi connectivity index (χ2v) is 8.74. The molecule has 0 amide bonds. The van der Waals surface area contributed by atoms with Crippen molar-refractivity contribution < 1.29 is 0 Å². The number of rotatable bonds is 6. The van der Waals surface area contributed by atoms with Gasteiger partial charge in [0.15, 0.2) is 0 Å². The van der Waals surface area contributed by atoms with Gasteiger partial charge in [0, 0.05) is 5.88 Å². The summed E-state index contributed by atoms with van der Waals surface area (Å²) >= 11 is 8.37. The third-order valence-electron chi connectivity index (χ3n) is 4.75. The van der Waals surface area contributed by atoms with E-state index in [4.69, 9.17) is 11.6 Å². The SMILES string of the molecule is CCSCCCC1(CCl)CCC(C(C)(C)C)CC1. The van der Waals surface area contributed by atoms with Crippen molar-refractivity contribution in [3.8, 4) is 0 Å². The molecule has 1 aliphatic carbocycles. The molecular formula is C16H31ClS. The third-order valence-corrected chi connectivity index (χ3v) is 6.31. The Balaban J connectivity index is 2.40. The molecule has 1 saturated carbocycles. The average molecular weight is 291 g/mol. The van der Waals surface area contributed by atoms with Gasteiger partial charge < -0.3 is 0 Å². The number of hydrogen-bond acceptors (Lipinski definition) is 1. The van der Waals surface area contributed by atoms with Gasteiger partial charge in [-0.25, -0.2) is 0 Å². The predicted octanol–water partition coefficient (Wildman–Crippen LogP) is 5.98. The van der Waals surface area contributed by atoms with Crippen LogP contribution in [0.3, 0.4) is 0 Å². The first-order chi connectivity index (χ1) is 8.43. The molecule has 108 valence electrons. The van der Waals surface area contributed by atoms with Gasteiger partial charge in [-0.3, -0.25) is 0 Å². The van der Waals surface area contributed by atoms with Crippen LogP contribution in [0, 0.1) is 16.7 Å². The third kappa shape index (κ3) is 4.96. The van der Waals surface area contributed by atoms with Crippen LogP contribution in [-0.2, 0) is 0 Å². The zero-order valence-corrected chi connectivity index (χ0v) is 14.3. The highest BCUT2D eigenvalue weighted by atomic mass is 35.5. The zero-order valence-electron chi connectivity index (χ0n) is 12.7. The van der Waals surface area contributed by atoms with Crippen molar-refractivity contribution in [3.63, 3.8) is 0 Å². The van der Waals surface area contributed by atoms with Crippen molar-refractivity contribution in [2.75, 3.05) is 17.4 Å². The quantitative estimate of drug-likeness (QED) is 0.428. The van der Waals surface area contributed by atoms with E-state index in [1.54, 1.807) is 0 Å². The fraction of sp³-hybridized carbons (Fsp3) is 1.00. The lowest BCUT2D eigenvalue weighted by Crippen LogP contribution is -2.34. The van der Waals surface area contributed by atoms with Crippen molar-refractivity contribution in [2.45, 2.75) is 66.2 Å². The number of halogens is 1. The monoisotopic (exact) mass is 290 g/mol. The highest BCUT2D eigenvalue weighted by Crippen LogP contribution is 2.48. The summed E-state index contributed by atoms with van der Waals surface area (Å²) in [5, 5.41) is 0. The van der Waals surface area contributed by atoms with Crippen LogP contribution in [0.25, 0.3) is 0 Å². The molecule has 0 nitrogen and oxygen atoms in total. The molecule has 1 aliphatic rings. The molecule has 0 aromatic heterocycles. The molecular weight excluding hydrogens is 260 g/mol. The van der Waals surface area contributed by atoms with Gasteiger partial charge in [-0.1, -0.05) is 27.7 Å². The van der Waals surface area contributed by atoms with Gasteiger partial charge in [-0.15, -0.1) is 11.6 Å². The van der Waals surface area contributed by atoms with E-state index in [-0.39, 0.29) is 0 Å². The summed E-state index contributed by atoms with van der Waals surface area (Å²) in [5.41, 5.74) is 0.953. The van der Waals surface area contributed by atoms with Crippen LogP contribution in [-0.4, -0.2) is 17.4 Å². The summed E-state index contributed by atoms with van der Waals surface area (Å²) in [6.07, 6.45) is 8.19. The Hall–Kier alpha value is 0.640. The Morgan fingerprint density at radius 1 is 1.22 bits per heavy atom. The molecule has 0 heterocycles. The Bertz CT molecular complexity index is 224. The van der Waals surface area contributed by atoms with Gasteiger partial charge in [0.2, 0.25) is 0 Å². The Kier molecular flexibility index (Phi) is 6.89. The fourth-order valence-corrected chi connectivity index (χ4v) is 4.28. The minimum absolute atomic E-state index is 0.470. The maximum atomic E-state index is 6.31. The largest absolute Gasteiger partial charge is 0.162 e. The van der Waals surface area contributed by atoms with Crippen LogP contribution in [0.1, 0.15) is 66.2 Å². The van der Waals surface area contributed by atoms with Crippen molar-refractivity contribution >= 4 is 23.4 Å². The van der Waals surface area contributed by atoms with Crippen LogP contribution in [0.4, 0.5) is 0 Å². The van der Waals surface area contributed by atoms with Gasteiger partial charge in [0.05, 0.1) is 0 Å². The number of thioether (sulfide) groups is 1. The van der Waals surface area contributed by atoms with Crippen LogP contribution >= 0.6 is 23.4 Å². The van der Waals surface area contributed by atoms with Crippen molar-refractivity contribution in [3.05, 3.63) is 0 Å². The molecule has 0 aliphatic heterocycles. The molecule has 18 heavy (non-hydrogen) atoms. The number of hydrogen-bond donors (Lipinski definition) is 0. The summed E-state index contributed by atoms with van der Waals surface area (Å²) < 4.78 is 0. The van der Waals surface area contributed by atoms with Crippen LogP contribution in [0.15, 0.2) is 0 Å². The molecule has 2 heteroatoms. The first-order valence-corrected chi connectivity index (χ1v) is 9.26. The second-order valence-electron chi connectivity index (χ2n) is 7.07. The molecule has 0 radical (unpaired) electrons. The lowest BCUT2D eigenvalue weighted by molar-refractivity contribution is 0.0954. The number of alkyl halides is 1. The van der Waals surface area contributed by atoms with Crippen molar-refractivity contribution in [1.29, 1.82) is 0 Å². The van der Waals surface area contributed by atoms with E-state index >= 15 is 0 Å². The van der Waals surface area contributed by atoms with E-state index in [1.807, 2.05) is 0 Å². The summed E-state index contributed by atoms with van der Waals surface area (Å²) in [6.45, 7) is 9.42. The lowest BCUT2D eigenvalue weighted by Gasteiger charge is -2.43. The topological polar surface area (TPSA) is 0 Å². The maximum Gasteiger partial charge on any atom is 0.0280 e. The first-order valence-electron chi connectivity index (χ1n) is 7.57. The summed E-state index contributed by atoms with van der Waals surface area (Å²) in [6, 6.07) is 0. The molecule has 0 atom stereocenters. The zero-order chi connectivity index (χ0) is 13.6. The summed E-state index contributed by atoms with van der Waals surface area (Å²) in [4.78, 5) is 0. The normalized spacial score (nSPS) is 29.5. The minimum Gasteiger partial charge on any atom is -0.162 e. The molecule has 0 spiro atoms. The van der Waals surface area contributed by atoms with Gasteiger partial charge in [-0.05, 0) is 66.8 Å². The van der Waals surface area contributed by atoms with Crippen LogP contribution in [0.2, 0.25) is 0 Å². The molecule has 1 fully saturated rings. The molecule has 0 aromatic carbocycles. The van der Waals surface area contributed by atoms with Crippen molar-refractivity contribution in [1.82, 2.24) is 0 Å².